The van der Waals surface area contributed by atoms with Gasteiger partial charge >= 0.3 is 0 Å². The Hall–Kier alpha value is -3.01. The van der Waals surface area contributed by atoms with Crippen molar-refractivity contribution in [3.63, 3.8) is 0 Å². The first-order valence-electron chi connectivity index (χ1n) is 6.67. The molecule has 0 atom stereocenters. The predicted molar refractivity (Wildman–Crippen MR) is 81.7 cm³/mol. The fourth-order valence-corrected chi connectivity index (χ4v) is 2.56. The van der Waals surface area contributed by atoms with E-state index in [9.17, 15) is 4.79 Å². The Morgan fingerprint density at radius 3 is 2.43 bits per heavy atom. The first-order chi connectivity index (χ1) is 10.3. The molecule has 0 saturated carbocycles. The molecule has 0 aliphatic carbocycles. The van der Waals surface area contributed by atoms with Crippen LogP contribution in [0, 0.1) is 0 Å². The highest BCUT2D eigenvalue weighted by atomic mass is 16.2. The summed E-state index contributed by atoms with van der Waals surface area (Å²) in [5.41, 5.74) is 2.15. The number of amides is 1. The van der Waals surface area contributed by atoms with Crippen molar-refractivity contribution in [2.45, 2.75) is 0 Å². The average molecular weight is 273 g/mol. The van der Waals surface area contributed by atoms with Gasteiger partial charge in [0, 0.05) is 10.9 Å². The zero-order chi connectivity index (χ0) is 14.2. The number of hydrogen-bond donors (Lipinski definition) is 0. The van der Waals surface area contributed by atoms with Gasteiger partial charge in [-0.05, 0) is 29.7 Å². The standard InChI is InChI=1S/C17H11N3O/c21-17(13-6-2-1-3-7-13)20-15-11-5-9-12-8-4-10-14(16(12)15)18-19-20/h1-11H. The minimum absolute atomic E-state index is 0.179. The summed E-state index contributed by atoms with van der Waals surface area (Å²) < 4.78 is 0. The lowest BCUT2D eigenvalue weighted by molar-refractivity contribution is 0.0985. The number of hydrogen-bond acceptors (Lipinski definition) is 3. The Bertz CT molecular complexity index is 866. The quantitative estimate of drug-likeness (QED) is 0.643. The monoisotopic (exact) mass is 273 g/mol. The van der Waals surface area contributed by atoms with Crippen LogP contribution in [0.15, 0.2) is 77.1 Å². The molecule has 21 heavy (non-hydrogen) atoms. The third-order valence-corrected chi connectivity index (χ3v) is 3.54. The summed E-state index contributed by atoms with van der Waals surface area (Å²) in [4.78, 5) is 12.6. The molecule has 3 aromatic carbocycles. The van der Waals surface area contributed by atoms with E-state index in [0.29, 0.717) is 5.56 Å². The van der Waals surface area contributed by atoms with Crippen molar-refractivity contribution in [1.29, 1.82) is 0 Å². The van der Waals surface area contributed by atoms with Gasteiger partial charge in [0.25, 0.3) is 5.91 Å². The molecule has 0 radical (unpaired) electrons. The Labute approximate surface area is 121 Å². The van der Waals surface area contributed by atoms with Crippen molar-refractivity contribution in [2.24, 2.45) is 10.3 Å². The molecule has 4 nitrogen and oxygen atoms in total. The molecule has 1 aliphatic heterocycles. The molecule has 0 bridgehead atoms. The average Bonchev–Trinajstić information content (AvgIpc) is 2.56. The van der Waals surface area contributed by atoms with Crippen molar-refractivity contribution in [1.82, 2.24) is 0 Å². The van der Waals surface area contributed by atoms with Gasteiger partial charge in [0.05, 0.1) is 11.4 Å². The number of benzene rings is 3. The SMILES string of the molecule is O=C(c1ccccc1)N1N=Nc2cccc3cccc1c23. The first kappa shape index (κ1) is 11.8. The number of anilines is 1. The van der Waals surface area contributed by atoms with Crippen molar-refractivity contribution < 1.29 is 4.79 Å². The topological polar surface area (TPSA) is 45.0 Å². The van der Waals surface area contributed by atoms with Gasteiger partial charge in [-0.1, -0.05) is 47.7 Å². The van der Waals surface area contributed by atoms with E-state index in [1.165, 1.54) is 5.01 Å². The van der Waals surface area contributed by atoms with Crippen molar-refractivity contribution in [2.75, 3.05) is 5.01 Å². The lowest BCUT2D eigenvalue weighted by atomic mass is 10.1. The zero-order valence-electron chi connectivity index (χ0n) is 11.1. The van der Waals surface area contributed by atoms with Gasteiger partial charge < -0.3 is 0 Å². The molecule has 100 valence electrons. The van der Waals surface area contributed by atoms with Gasteiger partial charge in [-0.25, -0.2) is 0 Å². The van der Waals surface area contributed by atoms with E-state index in [-0.39, 0.29) is 5.91 Å². The van der Waals surface area contributed by atoms with Gasteiger partial charge in [0.2, 0.25) is 0 Å². The minimum atomic E-state index is -0.179. The van der Waals surface area contributed by atoms with E-state index in [4.69, 9.17) is 0 Å². The van der Waals surface area contributed by atoms with Crippen LogP contribution in [0.4, 0.5) is 11.4 Å². The van der Waals surface area contributed by atoms with Crippen molar-refractivity contribution in [3.8, 4) is 0 Å². The summed E-state index contributed by atoms with van der Waals surface area (Å²) in [5, 5.41) is 11.6. The Kier molecular flexibility index (Phi) is 2.54. The molecule has 1 heterocycles. The Morgan fingerprint density at radius 2 is 1.62 bits per heavy atom. The van der Waals surface area contributed by atoms with E-state index in [1.54, 1.807) is 12.1 Å². The van der Waals surface area contributed by atoms with Gasteiger partial charge in [0.15, 0.2) is 0 Å². The van der Waals surface area contributed by atoms with Crippen LogP contribution < -0.4 is 5.01 Å². The lowest BCUT2D eigenvalue weighted by Crippen LogP contribution is -2.26. The molecule has 0 aromatic heterocycles. The molecule has 1 aliphatic rings. The number of rotatable bonds is 1. The smallest absolute Gasteiger partial charge is 0.267 e. The third-order valence-electron chi connectivity index (χ3n) is 3.54. The van der Waals surface area contributed by atoms with Crippen LogP contribution in [0.5, 0.6) is 0 Å². The van der Waals surface area contributed by atoms with Crippen LogP contribution in [-0.2, 0) is 0 Å². The van der Waals surface area contributed by atoms with E-state index in [2.05, 4.69) is 10.3 Å². The highest BCUT2D eigenvalue weighted by Gasteiger charge is 2.23. The minimum Gasteiger partial charge on any atom is -0.267 e. The van der Waals surface area contributed by atoms with Gasteiger partial charge in [-0.15, -0.1) is 5.11 Å². The molecule has 0 unspecified atom stereocenters. The van der Waals surface area contributed by atoms with Gasteiger partial charge in [-0.3, -0.25) is 4.79 Å². The molecule has 0 fully saturated rings. The second kappa shape index (κ2) is 4.52. The van der Waals surface area contributed by atoms with Crippen LogP contribution in [0.25, 0.3) is 10.8 Å². The number of carbonyl (C=O) groups excluding carboxylic acids is 1. The fraction of sp³-hybridized carbons (Fsp3) is 0. The van der Waals surface area contributed by atoms with Gasteiger partial charge in [0.1, 0.15) is 0 Å². The molecule has 4 rings (SSSR count). The Morgan fingerprint density at radius 1 is 0.857 bits per heavy atom. The summed E-state index contributed by atoms with van der Waals surface area (Å²) >= 11 is 0. The summed E-state index contributed by atoms with van der Waals surface area (Å²) in [6, 6.07) is 20.8. The van der Waals surface area contributed by atoms with Crippen LogP contribution >= 0.6 is 0 Å². The zero-order valence-corrected chi connectivity index (χ0v) is 11.1. The van der Waals surface area contributed by atoms with Crippen molar-refractivity contribution in [3.05, 3.63) is 72.3 Å². The van der Waals surface area contributed by atoms with E-state index < -0.39 is 0 Å². The largest absolute Gasteiger partial charge is 0.280 e. The van der Waals surface area contributed by atoms with Crippen LogP contribution in [-0.4, -0.2) is 5.91 Å². The maximum atomic E-state index is 12.6. The van der Waals surface area contributed by atoms with E-state index in [0.717, 1.165) is 22.1 Å². The first-order valence-corrected chi connectivity index (χ1v) is 6.67. The second-order valence-corrected chi connectivity index (χ2v) is 4.82. The summed E-state index contributed by atoms with van der Waals surface area (Å²) in [6.45, 7) is 0. The van der Waals surface area contributed by atoms with Crippen molar-refractivity contribution >= 4 is 28.1 Å². The number of carbonyl (C=O) groups is 1. The molecule has 0 spiro atoms. The summed E-state index contributed by atoms with van der Waals surface area (Å²) in [6.07, 6.45) is 0. The van der Waals surface area contributed by atoms with E-state index in [1.807, 2.05) is 54.6 Å². The lowest BCUT2D eigenvalue weighted by Gasteiger charge is -2.21. The summed E-state index contributed by atoms with van der Waals surface area (Å²) in [5.74, 6) is -0.179. The second-order valence-electron chi connectivity index (χ2n) is 4.82. The predicted octanol–water partition coefficient (Wildman–Crippen LogP) is 4.50. The highest BCUT2D eigenvalue weighted by molar-refractivity contribution is 6.13. The van der Waals surface area contributed by atoms with E-state index >= 15 is 0 Å². The highest BCUT2D eigenvalue weighted by Crippen LogP contribution is 2.39. The number of nitrogens with zero attached hydrogens (tertiary/aromatic N) is 3. The summed E-state index contributed by atoms with van der Waals surface area (Å²) in [7, 11) is 0. The molecule has 1 amide bonds. The van der Waals surface area contributed by atoms with Gasteiger partial charge in [-0.2, -0.15) is 5.01 Å². The fourth-order valence-electron chi connectivity index (χ4n) is 2.56. The Balaban J connectivity index is 1.89. The normalized spacial score (nSPS) is 12.7. The maximum Gasteiger partial charge on any atom is 0.280 e. The molecule has 0 saturated heterocycles. The molecule has 0 N–H and O–H groups in total. The molecule has 3 aromatic rings. The maximum absolute atomic E-state index is 12.6. The molecular formula is C17H11N3O. The molecule has 4 heteroatoms. The van der Waals surface area contributed by atoms with Crippen LogP contribution in [0.2, 0.25) is 0 Å². The third kappa shape index (κ3) is 1.80. The molecular weight excluding hydrogens is 262 g/mol. The van der Waals surface area contributed by atoms with Crippen LogP contribution in [0.1, 0.15) is 10.4 Å². The van der Waals surface area contributed by atoms with Crippen LogP contribution in [0.3, 0.4) is 0 Å².